The van der Waals surface area contributed by atoms with Crippen molar-refractivity contribution in [3.05, 3.63) is 0 Å². The third-order valence-corrected chi connectivity index (χ3v) is 4.25. The summed E-state index contributed by atoms with van der Waals surface area (Å²) in [7, 11) is 0. The van der Waals surface area contributed by atoms with Crippen LogP contribution in [0.25, 0.3) is 0 Å². The number of unbranched alkanes of at least 4 members (excludes halogenated alkanes) is 3. The minimum absolute atomic E-state index is 0.0504. The number of hydrogen-bond donors (Lipinski definition) is 0. The predicted octanol–water partition coefficient (Wildman–Crippen LogP) is 4.56. The lowest BCUT2D eigenvalue weighted by molar-refractivity contribution is -0.163. The van der Waals surface area contributed by atoms with Crippen molar-refractivity contribution in [2.75, 3.05) is 13.1 Å². The SMILES string of the molecule is CCCCC(CC)C(=O)OC(C)C(=O)N(CCCC)CCCC. The summed E-state index contributed by atoms with van der Waals surface area (Å²) in [5.41, 5.74) is 0. The van der Waals surface area contributed by atoms with Crippen molar-refractivity contribution < 1.29 is 14.3 Å². The van der Waals surface area contributed by atoms with Crippen molar-refractivity contribution in [3.8, 4) is 0 Å². The molecule has 4 heteroatoms. The van der Waals surface area contributed by atoms with E-state index in [1.165, 1.54) is 0 Å². The van der Waals surface area contributed by atoms with Crippen LogP contribution in [0.4, 0.5) is 0 Å². The molecular weight excluding hydrogens is 290 g/mol. The molecule has 1 amide bonds. The van der Waals surface area contributed by atoms with E-state index in [0.29, 0.717) is 0 Å². The molecule has 0 aliphatic heterocycles. The molecule has 0 radical (unpaired) electrons. The van der Waals surface area contributed by atoms with Gasteiger partial charge in [-0.3, -0.25) is 9.59 Å². The van der Waals surface area contributed by atoms with Gasteiger partial charge in [0.05, 0.1) is 5.92 Å². The first-order valence-electron chi connectivity index (χ1n) is 9.50. The number of carbonyl (C=O) groups excluding carboxylic acids is 2. The van der Waals surface area contributed by atoms with Crippen LogP contribution < -0.4 is 0 Å². The molecule has 0 spiro atoms. The highest BCUT2D eigenvalue weighted by Crippen LogP contribution is 2.16. The van der Waals surface area contributed by atoms with E-state index in [1.54, 1.807) is 6.92 Å². The smallest absolute Gasteiger partial charge is 0.309 e. The van der Waals surface area contributed by atoms with E-state index >= 15 is 0 Å². The van der Waals surface area contributed by atoms with Crippen molar-refractivity contribution in [3.63, 3.8) is 0 Å². The summed E-state index contributed by atoms with van der Waals surface area (Å²) in [6, 6.07) is 0. The number of nitrogens with zero attached hydrogens (tertiary/aromatic N) is 1. The molecule has 0 aromatic heterocycles. The van der Waals surface area contributed by atoms with Crippen molar-refractivity contribution >= 4 is 11.9 Å². The summed E-state index contributed by atoms with van der Waals surface area (Å²) in [5, 5.41) is 0. The molecule has 4 nitrogen and oxygen atoms in total. The molecule has 0 N–H and O–H groups in total. The first-order chi connectivity index (χ1) is 11.0. The van der Waals surface area contributed by atoms with Gasteiger partial charge in [-0.05, 0) is 32.6 Å². The highest BCUT2D eigenvalue weighted by molar-refractivity contribution is 5.84. The van der Waals surface area contributed by atoms with Crippen molar-refractivity contribution in [2.45, 2.75) is 92.1 Å². The van der Waals surface area contributed by atoms with Gasteiger partial charge >= 0.3 is 5.97 Å². The van der Waals surface area contributed by atoms with E-state index in [-0.39, 0.29) is 17.8 Å². The van der Waals surface area contributed by atoms with Gasteiger partial charge < -0.3 is 9.64 Å². The first kappa shape index (κ1) is 21.9. The number of hydrogen-bond acceptors (Lipinski definition) is 3. The quantitative estimate of drug-likeness (QED) is 0.466. The van der Waals surface area contributed by atoms with Crippen LogP contribution in [0.3, 0.4) is 0 Å². The molecule has 136 valence electrons. The average molecular weight is 328 g/mol. The number of amides is 1. The lowest BCUT2D eigenvalue weighted by Gasteiger charge is -2.26. The fraction of sp³-hybridized carbons (Fsp3) is 0.895. The zero-order chi connectivity index (χ0) is 17.7. The van der Waals surface area contributed by atoms with E-state index in [1.807, 2.05) is 11.8 Å². The zero-order valence-electron chi connectivity index (χ0n) is 15.9. The number of rotatable bonds is 13. The van der Waals surface area contributed by atoms with Crippen LogP contribution >= 0.6 is 0 Å². The lowest BCUT2D eigenvalue weighted by atomic mass is 10.00. The van der Waals surface area contributed by atoms with Gasteiger partial charge in [0.1, 0.15) is 0 Å². The van der Waals surface area contributed by atoms with Crippen molar-refractivity contribution in [2.24, 2.45) is 5.92 Å². The molecule has 0 aliphatic carbocycles. The summed E-state index contributed by atoms with van der Waals surface area (Å²) in [4.78, 5) is 26.7. The van der Waals surface area contributed by atoms with Gasteiger partial charge in [0.15, 0.2) is 6.10 Å². The van der Waals surface area contributed by atoms with Crippen LogP contribution in [0.1, 0.15) is 86.0 Å². The molecule has 0 fully saturated rings. The summed E-state index contributed by atoms with van der Waals surface area (Å²) >= 11 is 0. The fourth-order valence-electron chi connectivity index (χ4n) is 2.55. The molecule has 0 aromatic rings. The second-order valence-corrected chi connectivity index (χ2v) is 6.36. The van der Waals surface area contributed by atoms with E-state index < -0.39 is 6.10 Å². The van der Waals surface area contributed by atoms with Gasteiger partial charge in [-0.1, -0.05) is 53.4 Å². The number of carbonyl (C=O) groups is 2. The first-order valence-corrected chi connectivity index (χ1v) is 9.50. The molecule has 0 rings (SSSR count). The standard InChI is InChI=1S/C19H37NO3/c1-6-10-13-17(9-4)19(22)23-16(5)18(21)20(14-11-7-2)15-12-8-3/h16-17H,6-15H2,1-5H3. The monoisotopic (exact) mass is 327 g/mol. The van der Waals surface area contributed by atoms with Gasteiger partial charge in [0, 0.05) is 13.1 Å². The molecule has 0 saturated heterocycles. The van der Waals surface area contributed by atoms with Gasteiger partial charge in [-0.25, -0.2) is 0 Å². The molecule has 0 aliphatic rings. The third kappa shape index (κ3) is 8.97. The molecule has 0 saturated carbocycles. The number of esters is 1. The molecular formula is C19H37NO3. The van der Waals surface area contributed by atoms with Crippen LogP contribution in [-0.4, -0.2) is 36.0 Å². The van der Waals surface area contributed by atoms with E-state index in [0.717, 1.165) is 64.5 Å². The molecule has 2 atom stereocenters. The van der Waals surface area contributed by atoms with Crippen LogP contribution in [0.2, 0.25) is 0 Å². The second kappa shape index (κ2) is 13.4. The van der Waals surface area contributed by atoms with Gasteiger partial charge in [0.25, 0.3) is 5.91 Å². The summed E-state index contributed by atoms with van der Waals surface area (Å²) in [5.74, 6) is -0.344. The predicted molar refractivity (Wildman–Crippen MR) is 95.3 cm³/mol. The van der Waals surface area contributed by atoms with E-state index in [4.69, 9.17) is 4.74 Å². The highest BCUT2D eigenvalue weighted by atomic mass is 16.5. The Hall–Kier alpha value is -1.06. The summed E-state index contributed by atoms with van der Waals surface area (Å²) in [6.07, 6.45) is 7.13. The topological polar surface area (TPSA) is 46.6 Å². The Balaban J connectivity index is 4.59. The molecule has 2 unspecified atom stereocenters. The minimum Gasteiger partial charge on any atom is -0.452 e. The molecule has 0 bridgehead atoms. The van der Waals surface area contributed by atoms with Crippen LogP contribution in [0.15, 0.2) is 0 Å². The minimum atomic E-state index is -0.674. The maximum absolute atomic E-state index is 12.6. The number of ether oxygens (including phenoxy) is 1. The lowest BCUT2D eigenvalue weighted by Crippen LogP contribution is -2.41. The maximum Gasteiger partial charge on any atom is 0.309 e. The average Bonchev–Trinajstić information content (AvgIpc) is 2.55. The van der Waals surface area contributed by atoms with Crippen molar-refractivity contribution in [1.82, 2.24) is 4.90 Å². The van der Waals surface area contributed by atoms with Crippen molar-refractivity contribution in [1.29, 1.82) is 0 Å². The van der Waals surface area contributed by atoms with E-state index in [2.05, 4.69) is 20.8 Å². The molecule has 23 heavy (non-hydrogen) atoms. The Morgan fingerprint density at radius 3 is 1.87 bits per heavy atom. The Morgan fingerprint density at radius 1 is 0.913 bits per heavy atom. The second-order valence-electron chi connectivity index (χ2n) is 6.36. The Bertz CT molecular complexity index is 323. The fourth-order valence-corrected chi connectivity index (χ4v) is 2.55. The molecule has 0 aromatic carbocycles. The largest absolute Gasteiger partial charge is 0.452 e. The highest BCUT2D eigenvalue weighted by Gasteiger charge is 2.26. The van der Waals surface area contributed by atoms with Crippen LogP contribution in [-0.2, 0) is 14.3 Å². The molecule has 0 heterocycles. The van der Waals surface area contributed by atoms with Gasteiger partial charge in [0.2, 0.25) is 0 Å². The Labute approximate surface area is 143 Å². The Morgan fingerprint density at radius 2 is 1.43 bits per heavy atom. The van der Waals surface area contributed by atoms with Crippen LogP contribution in [0.5, 0.6) is 0 Å². The summed E-state index contributed by atoms with van der Waals surface area (Å²) in [6.45, 7) is 11.6. The zero-order valence-corrected chi connectivity index (χ0v) is 15.9. The third-order valence-electron chi connectivity index (χ3n) is 4.25. The normalized spacial score (nSPS) is 13.4. The van der Waals surface area contributed by atoms with Crippen LogP contribution in [0, 0.1) is 5.92 Å². The van der Waals surface area contributed by atoms with Gasteiger partial charge in [-0.2, -0.15) is 0 Å². The Kier molecular flexibility index (Phi) is 12.8. The maximum atomic E-state index is 12.6. The summed E-state index contributed by atoms with van der Waals surface area (Å²) < 4.78 is 5.47. The van der Waals surface area contributed by atoms with E-state index in [9.17, 15) is 9.59 Å². The van der Waals surface area contributed by atoms with Gasteiger partial charge in [-0.15, -0.1) is 0 Å².